The second-order valence-electron chi connectivity index (χ2n) is 5.15. The number of benzene rings is 1. The number of rotatable bonds is 7. The Hall–Kier alpha value is -2.90. The van der Waals surface area contributed by atoms with Crippen molar-refractivity contribution in [2.45, 2.75) is 18.6 Å². The van der Waals surface area contributed by atoms with Crippen molar-refractivity contribution in [1.82, 2.24) is 15.3 Å². The Kier molecular flexibility index (Phi) is 5.89. The maximum Gasteiger partial charge on any atom is 0.408 e. The fraction of sp³-hybridized carbons (Fsp3) is 0.312. The molecular formula is C16H18FN3O4. The van der Waals surface area contributed by atoms with Gasteiger partial charge >= 0.3 is 12.1 Å². The molecule has 1 amide bonds. The smallest absolute Gasteiger partial charge is 0.408 e. The third-order valence-electron chi connectivity index (χ3n) is 3.41. The summed E-state index contributed by atoms with van der Waals surface area (Å²) in [6, 6.07) is 8.99. The van der Waals surface area contributed by atoms with E-state index in [-0.39, 0.29) is 13.0 Å². The van der Waals surface area contributed by atoms with Crippen LogP contribution in [0, 0.1) is 0 Å². The summed E-state index contributed by atoms with van der Waals surface area (Å²) in [5.41, 5.74) is -0.638. The Bertz CT molecular complexity index is 663. The van der Waals surface area contributed by atoms with Gasteiger partial charge in [0.15, 0.2) is 5.54 Å². The number of halogens is 1. The number of nitrogens with one attached hydrogen (secondary N) is 2. The molecule has 1 atom stereocenters. The van der Waals surface area contributed by atoms with Crippen LogP contribution in [0.2, 0.25) is 0 Å². The molecular weight excluding hydrogens is 317 g/mol. The molecule has 1 heterocycles. The van der Waals surface area contributed by atoms with E-state index in [1.165, 1.54) is 12.5 Å². The number of alkyl halides is 1. The molecule has 2 N–H and O–H groups in total. The highest BCUT2D eigenvalue weighted by atomic mass is 19.1. The van der Waals surface area contributed by atoms with Crippen LogP contribution in [0.4, 0.5) is 9.18 Å². The first-order chi connectivity index (χ1) is 11.6. The predicted molar refractivity (Wildman–Crippen MR) is 82.8 cm³/mol. The Labute approximate surface area is 138 Å². The molecule has 2 aromatic rings. The molecule has 8 heteroatoms. The minimum absolute atomic E-state index is 0.000267. The summed E-state index contributed by atoms with van der Waals surface area (Å²) in [5, 5.41) is 2.28. The van der Waals surface area contributed by atoms with E-state index in [4.69, 9.17) is 4.74 Å². The summed E-state index contributed by atoms with van der Waals surface area (Å²) in [5.74, 6) is -0.906. The number of alkyl carbamates (subject to hydrolysis) is 1. The van der Waals surface area contributed by atoms with Gasteiger partial charge in [-0.1, -0.05) is 30.3 Å². The first-order valence-electron chi connectivity index (χ1n) is 7.20. The van der Waals surface area contributed by atoms with Gasteiger partial charge in [-0.25, -0.2) is 19.0 Å². The average Bonchev–Trinajstić information content (AvgIpc) is 3.12. The summed E-state index contributed by atoms with van der Waals surface area (Å²) >= 11 is 0. The van der Waals surface area contributed by atoms with Gasteiger partial charge in [-0.2, -0.15) is 0 Å². The van der Waals surface area contributed by atoms with Crippen LogP contribution >= 0.6 is 0 Å². The van der Waals surface area contributed by atoms with Crippen LogP contribution in [0.25, 0.3) is 0 Å². The lowest BCUT2D eigenvalue weighted by Gasteiger charge is -2.28. The van der Waals surface area contributed by atoms with Crippen LogP contribution in [0.3, 0.4) is 0 Å². The van der Waals surface area contributed by atoms with E-state index in [2.05, 4.69) is 20.0 Å². The highest BCUT2D eigenvalue weighted by Gasteiger charge is 2.42. The third-order valence-corrected chi connectivity index (χ3v) is 3.41. The molecule has 0 aliphatic rings. The fourth-order valence-corrected chi connectivity index (χ4v) is 2.16. The molecule has 1 unspecified atom stereocenters. The highest BCUT2D eigenvalue weighted by molar-refractivity contribution is 5.86. The minimum atomic E-state index is -1.88. The monoisotopic (exact) mass is 335 g/mol. The first kappa shape index (κ1) is 17.5. The molecule has 0 fully saturated rings. The highest BCUT2D eigenvalue weighted by Crippen LogP contribution is 2.16. The maximum absolute atomic E-state index is 13.7. The molecule has 0 aliphatic heterocycles. The Morgan fingerprint density at radius 1 is 1.33 bits per heavy atom. The third kappa shape index (κ3) is 4.31. The van der Waals surface area contributed by atoms with Gasteiger partial charge in [0.1, 0.15) is 13.3 Å². The number of H-pyrrole nitrogens is 1. The van der Waals surface area contributed by atoms with Crippen molar-refractivity contribution in [1.29, 1.82) is 0 Å². The van der Waals surface area contributed by atoms with Crippen LogP contribution < -0.4 is 5.32 Å². The standard InChI is InChI=1S/C16H18FN3O4/c1-23-14(21)16(10-17,7-13-8-18-11-19-13)20-15(22)24-9-12-5-3-2-4-6-12/h2-6,8,11H,7,9-10H2,1H3,(H,18,19)(H,20,22). The van der Waals surface area contributed by atoms with Gasteiger partial charge < -0.3 is 19.8 Å². The van der Waals surface area contributed by atoms with Gasteiger partial charge in [0.05, 0.1) is 13.4 Å². The van der Waals surface area contributed by atoms with E-state index >= 15 is 0 Å². The lowest BCUT2D eigenvalue weighted by atomic mass is 9.95. The number of carbonyl (C=O) groups is 2. The van der Waals surface area contributed by atoms with E-state index in [0.717, 1.165) is 12.7 Å². The quantitative estimate of drug-likeness (QED) is 0.752. The number of nitrogens with zero attached hydrogens (tertiary/aromatic N) is 1. The SMILES string of the molecule is COC(=O)C(CF)(Cc1cnc[nH]1)NC(=O)OCc1ccccc1. The Morgan fingerprint density at radius 3 is 2.67 bits per heavy atom. The topological polar surface area (TPSA) is 93.3 Å². The van der Waals surface area contributed by atoms with Crippen LogP contribution in [0.5, 0.6) is 0 Å². The van der Waals surface area contributed by atoms with Crippen molar-refractivity contribution in [3.63, 3.8) is 0 Å². The van der Waals surface area contributed by atoms with E-state index < -0.39 is 24.3 Å². The number of aromatic amines is 1. The number of carbonyl (C=O) groups excluding carboxylic acids is 2. The molecule has 0 radical (unpaired) electrons. The molecule has 0 saturated carbocycles. The summed E-state index contributed by atoms with van der Waals surface area (Å²) in [7, 11) is 1.12. The molecule has 128 valence electrons. The predicted octanol–water partition coefficient (Wildman–Crippen LogP) is 1.76. The number of hydrogen-bond donors (Lipinski definition) is 2. The number of ether oxygens (including phenoxy) is 2. The van der Waals surface area contributed by atoms with Crippen LogP contribution in [-0.2, 0) is 27.3 Å². The largest absolute Gasteiger partial charge is 0.467 e. The van der Waals surface area contributed by atoms with E-state index in [9.17, 15) is 14.0 Å². The molecule has 1 aromatic heterocycles. The fourth-order valence-electron chi connectivity index (χ4n) is 2.16. The van der Waals surface area contributed by atoms with Gasteiger partial charge in [0.25, 0.3) is 0 Å². The summed E-state index contributed by atoms with van der Waals surface area (Å²) < 4.78 is 23.3. The van der Waals surface area contributed by atoms with Gasteiger partial charge in [0.2, 0.25) is 0 Å². The average molecular weight is 335 g/mol. The summed E-state index contributed by atoms with van der Waals surface area (Å²) in [4.78, 5) is 30.6. The van der Waals surface area contributed by atoms with Crippen molar-refractivity contribution >= 4 is 12.1 Å². The maximum atomic E-state index is 13.7. The summed E-state index contributed by atoms with van der Waals surface area (Å²) in [6.45, 7) is -1.15. The number of imidazole rings is 1. The lowest BCUT2D eigenvalue weighted by molar-refractivity contribution is -0.149. The number of esters is 1. The molecule has 0 spiro atoms. The summed E-state index contributed by atoms with van der Waals surface area (Å²) in [6.07, 6.45) is 1.77. The van der Waals surface area contributed by atoms with E-state index in [1.807, 2.05) is 6.07 Å². The van der Waals surface area contributed by atoms with Gasteiger partial charge in [0, 0.05) is 18.3 Å². The van der Waals surface area contributed by atoms with Gasteiger partial charge in [-0.05, 0) is 5.56 Å². The van der Waals surface area contributed by atoms with Crippen molar-refractivity contribution in [3.8, 4) is 0 Å². The van der Waals surface area contributed by atoms with Crippen molar-refractivity contribution in [2.75, 3.05) is 13.8 Å². The molecule has 0 bridgehead atoms. The Balaban J connectivity index is 2.06. The zero-order valence-electron chi connectivity index (χ0n) is 13.1. The van der Waals surface area contributed by atoms with Gasteiger partial charge in [-0.3, -0.25) is 0 Å². The normalized spacial score (nSPS) is 12.9. The lowest BCUT2D eigenvalue weighted by Crippen LogP contribution is -2.58. The van der Waals surface area contributed by atoms with Crippen molar-refractivity contribution in [3.05, 3.63) is 54.1 Å². The minimum Gasteiger partial charge on any atom is -0.467 e. The second-order valence-corrected chi connectivity index (χ2v) is 5.15. The molecule has 0 saturated heterocycles. The number of methoxy groups -OCH3 is 1. The molecule has 24 heavy (non-hydrogen) atoms. The zero-order valence-corrected chi connectivity index (χ0v) is 13.1. The molecule has 1 aromatic carbocycles. The van der Waals surface area contributed by atoms with Crippen LogP contribution in [-0.4, -0.2) is 41.4 Å². The van der Waals surface area contributed by atoms with Crippen LogP contribution in [0.15, 0.2) is 42.9 Å². The van der Waals surface area contributed by atoms with Crippen molar-refractivity contribution in [2.24, 2.45) is 0 Å². The number of amides is 1. The molecule has 2 rings (SSSR count). The van der Waals surface area contributed by atoms with Gasteiger partial charge in [-0.15, -0.1) is 0 Å². The van der Waals surface area contributed by atoms with E-state index in [1.54, 1.807) is 24.3 Å². The van der Waals surface area contributed by atoms with Crippen molar-refractivity contribution < 1.29 is 23.5 Å². The molecule has 7 nitrogen and oxygen atoms in total. The second kappa shape index (κ2) is 8.09. The Morgan fingerprint density at radius 2 is 2.08 bits per heavy atom. The van der Waals surface area contributed by atoms with Crippen LogP contribution in [0.1, 0.15) is 11.3 Å². The number of aromatic nitrogens is 2. The first-order valence-corrected chi connectivity index (χ1v) is 7.20. The van der Waals surface area contributed by atoms with E-state index in [0.29, 0.717) is 5.69 Å². The zero-order chi connectivity index (χ0) is 17.4. The molecule has 0 aliphatic carbocycles. The number of hydrogen-bond acceptors (Lipinski definition) is 5.